The maximum absolute atomic E-state index is 12.2. The van der Waals surface area contributed by atoms with Crippen molar-refractivity contribution >= 4 is 5.91 Å². The average Bonchev–Trinajstić information content (AvgIpc) is 2.53. The molecule has 110 valence electrons. The Morgan fingerprint density at radius 3 is 2.70 bits per heavy atom. The number of nitrogens with zero attached hydrogens (tertiary/aromatic N) is 1. The van der Waals surface area contributed by atoms with Crippen molar-refractivity contribution in [3.63, 3.8) is 0 Å². The number of carbonyl (C=O) groups is 1. The third-order valence-electron chi connectivity index (χ3n) is 4.01. The second kappa shape index (κ2) is 7.29. The van der Waals surface area contributed by atoms with Crippen LogP contribution in [0.15, 0.2) is 24.3 Å². The van der Waals surface area contributed by atoms with Crippen LogP contribution < -0.4 is 4.74 Å². The van der Waals surface area contributed by atoms with Crippen molar-refractivity contribution in [1.82, 2.24) is 4.90 Å². The molecule has 0 atom stereocenters. The van der Waals surface area contributed by atoms with Gasteiger partial charge in [0.05, 0.1) is 6.61 Å². The lowest BCUT2D eigenvalue weighted by atomic mass is 9.94. The van der Waals surface area contributed by atoms with Crippen LogP contribution in [0.5, 0.6) is 5.75 Å². The third kappa shape index (κ3) is 3.73. The molecule has 4 heteroatoms. The van der Waals surface area contributed by atoms with Gasteiger partial charge in [0, 0.05) is 18.7 Å². The molecule has 1 N–H and O–H groups in total. The Kier molecular flexibility index (Phi) is 5.41. The van der Waals surface area contributed by atoms with Crippen molar-refractivity contribution < 1.29 is 14.6 Å². The number of hydrogen-bond acceptors (Lipinski definition) is 3. The van der Waals surface area contributed by atoms with Gasteiger partial charge in [0.15, 0.2) is 6.61 Å². The molecule has 0 unspecified atom stereocenters. The van der Waals surface area contributed by atoms with Crippen molar-refractivity contribution in [3.05, 3.63) is 29.8 Å². The van der Waals surface area contributed by atoms with Gasteiger partial charge in [0.1, 0.15) is 5.75 Å². The zero-order chi connectivity index (χ0) is 14.4. The molecule has 0 spiro atoms. The van der Waals surface area contributed by atoms with Crippen molar-refractivity contribution in [1.29, 1.82) is 0 Å². The quantitative estimate of drug-likeness (QED) is 0.898. The van der Waals surface area contributed by atoms with Crippen molar-refractivity contribution in [2.45, 2.75) is 44.8 Å². The van der Waals surface area contributed by atoms with Crippen LogP contribution in [0.2, 0.25) is 0 Å². The van der Waals surface area contributed by atoms with E-state index in [1.165, 1.54) is 19.3 Å². The SMILES string of the molecule is CN(C(=O)COc1ccccc1CO)C1CCCCC1. The molecule has 0 saturated heterocycles. The molecule has 0 aliphatic heterocycles. The van der Waals surface area contributed by atoms with Gasteiger partial charge in [0.2, 0.25) is 0 Å². The largest absolute Gasteiger partial charge is 0.483 e. The predicted octanol–water partition coefficient (Wildman–Crippen LogP) is 2.35. The number of para-hydroxylation sites is 1. The van der Waals surface area contributed by atoms with E-state index in [9.17, 15) is 9.90 Å². The van der Waals surface area contributed by atoms with Crippen molar-refractivity contribution in [2.24, 2.45) is 0 Å². The van der Waals surface area contributed by atoms with Crippen molar-refractivity contribution in [3.8, 4) is 5.75 Å². The van der Waals surface area contributed by atoms with Crippen LogP contribution in [0, 0.1) is 0 Å². The Morgan fingerprint density at radius 2 is 2.00 bits per heavy atom. The fourth-order valence-electron chi connectivity index (χ4n) is 2.69. The predicted molar refractivity (Wildman–Crippen MR) is 77.5 cm³/mol. The van der Waals surface area contributed by atoms with Crippen LogP contribution in [0.3, 0.4) is 0 Å². The van der Waals surface area contributed by atoms with E-state index in [0.717, 1.165) is 12.8 Å². The summed E-state index contributed by atoms with van der Waals surface area (Å²) in [6.45, 7) is -0.0488. The zero-order valence-corrected chi connectivity index (χ0v) is 12.0. The summed E-state index contributed by atoms with van der Waals surface area (Å²) in [5, 5.41) is 9.22. The van der Waals surface area contributed by atoms with Crippen molar-refractivity contribution in [2.75, 3.05) is 13.7 Å². The molecule has 0 radical (unpaired) electrons. The Balaban J connectivity index is 1.87. The summed E-state index contributed by atoms with van der Waals surface area (Å²) in [4.78, 5) is 14.0. The van der Waals surface area contributed by atoms with Gasteiger partial charge in [-0.05, 0) is 18.9 Å². The molecule has 1 aliphatic carbocycles. The van der Waals surface area contributed by atoms with Crippen LogP contribution in [0.25, 0.3) is 0 Å². The lowest BCUT2D eigenvalue weighted by molar-refractivity contribution is -0.134. The summed E-state index contributed by atoms with van der Waals surface area (Å²) in [6, 6.07) is 7.61. The molecule has 20 heavy (non-hydrogen) atoms. The van der Waals surface area contributed by atoms with Crippen LogP contribution in [0.1, 0.15) is 37.7 Å². The van der Waals surface area contributed by atoms with E-state index < -0.39 is 0 Å². The van der Waals surface area contributed by atoms with Gasteiger partial charge in [-0.2, -0.15) is 0 Å². The summed E-state index contributed by atoms with van der Waals surface area (Å²) in [5.41, 5.74) is 0.709. The lowest BCUT2D eigenvalue weighted by Crippen LogP contribution is -2.40. The number of hydrogen-bond donors (Lipinski definition) is 1. The first-order chi connectivity index (χ1) is 9.72. The molecule has 1 aromatic rings. The summed E-state index contributed by atoms with van der Waals surface area (Å²) >= 11 is 0. The topological polar surface area (TPSA) is 49.8 Å². The Bertz CT molecular complexity index is 441. The normalized spacial score (nSPS) is 15.9. The van der Waals surface area contributed by atoms with Gasteiger partial charge in [-0.1, -0.05) is 37.5 Å². The lowest BCUT2D eigenvalue weighted by Gasteiger charge is -2.31. The Labute approximate surface area is 120 Å². The molecule has 0 bridgehead atoms. The highest BCUT2D eigenvalue weighted by Gasteiger charge is 2.22. The monoisotopic (exact) mass is 277 g/mol. The first-order valence-corrected chi connectivity index (χ1v) is 7.29. The van der Waals surface area contributed by atoms with Crippen LogP contribution in [-0.4, -0.2) is 35.6 Å². The maximum Gasteiger partial charge on any atom is 0.260 e. The highest BCUT2D eigenvalue weighted by molar-refractivity contribution is 5.77. The van der Waals surface area contributed by atoms with E-state index in [1.807, 2.05) is 24.1 Å². The fourth-order valence-corrected chi connectivity index (χ4v) is 2.69. The van der Waals surface area contributed by atoms with E-state index >= 15 is 0 Å². The Morgan fingerprint density at radius 1 is 1.30 bits per heavy atom. The molecule has 4 nitrogen and oxygen atoms in total. The standard InChI is InChI=1S/C16H23NO3/c1-17(14-8-3-2-4-9-14)16(19)12-20-15-10-6-5-7-13(15)11-18/h5-7,10,14,18H,2-4,8-9,11-12H2,1H3. The fraction of sp³-hybridized carbons (Fsp3) is 0.562. The van der Waals surface area contributed by atoms with Gasteiger partial charge >= 0.3 is 0 Å². The first-order valence-electron chi connectivity index (χ1n) is 7.29. The second-order valence-electron chi connectivity index (χ2n) is 5.35. The highest BCUT2D eigenvalue weighted by atomic mass is 16.5. The van der Waals surface area contributed by atoms with Crippen LogP contribution >= 0.6 is 0 Å². The van der Waals surface area contributed by atoms with Gasteiger partial charge in [-0.25, -0.2) is 0 Å². The van der Waals surface area contributed by atoms with E-state index in [2.05, 4.69) is 0 Å². The van der Waals surface area contributed by atoms with Gasteiger partial charge < -0.3 is 14.7 Å². The number of aliphatic hydroxyl groups excluding tert-OH is 1. The number of rotatable bonds is 5. The smallest absolute Gasteiger partial charge is 0.260 e. The molecule has 2 rings (SSSR count). The van der Waals surface area contributed by atoms with Gasteiger partial charge in [-0.15, -0.1) is 0 Å². The number of benzene rings is 1. The highest BCUT2D eigenvalue weighted by Crippen LogP contribution is 2.22. The molecule has 1 amide bonds. The molecule has 0 heterocycles. The maximum atomic E-state index is 12.2. The molecular weight excluding hydrogens is 254 g/mol. The van der Waals surface area contributed by atoms with E-state index in [-0.39, 0.29) is 19.1 Å². The zero-order valence-electron chi connectivity index (χ0n) is 12.0. The van der Waals surface area contributed by atoms with E-state index in [1.54, 1.807) is 12.1 Å². The molecule has 1 saturated carbocycles. The second-order valence-corrected chi connectivity index (χ2v) is 5.35. The summed E-state index contributed by atoms with van der Waals surface area (Å²) in [5.74, 6) is 0.588. The van der Waals surface area contributed by atoms with E-state index in [4.69, 9.17) is 4.74 Å². The number of carbonyl (C=O) groups excluding carboxylic acids is 1. The minimum atomic E-state index is -0.0805. The summed E-state index contributed by atoms with van der Waals surface area (Å²) in [7, 11) is 1.86. The molecule has 1 aliphatic rings. The minimum Gasteiger partial charge on any atom is -0.483 e. The molecule has 1 fully saturated rings. The molecule has 1 aromatic carbocycles. The number of likely N-dealkylation sites (N-methyl/N-ethyl adjacent to an activating group) is 1. The van der Waals surface area contributed by atoms with Gasteiger partial charge in [-0.3, -0.25) is 4.79 Å². The van der Waals surface area contributed by atoms with Gasteiger partial charge in [0.25, 0.3) is 5.91 Å². The number of amides is 1. The summed E-state index contributed by atoms with van der Waals surface area (Å²) < 4.78 is 5.55. The number of aliphatic hydroxyl groups is 1. The first kappa shape index (κ1) is 14.9. The van der Waals surface area contributed by atoms with Crippen LogP contribution in [0.4, 0.5) is 0 Å². The Hall–Kier alpha value is -1.55. The summed E-state index contributed by atoms with van der Waals surface area (Å²) in [6.07, 6.45) is 5.87. The number of ether oxygens (including phenoxy) is 1. The molecule has 0 aromatic heterocycles. The van der Waals surface area contributed by atoms with E-state index in [0.29, 0.717) is 17.4 Å². The average molecular weight is 277 g/mol. The minimum absolute atomic E-state index is 0.00430. The third-order valence-corrected chi connectivity index (χ3v) is 4.01. The van der Waals surface area contributed by atoms with Crippen LogP contribution in [-0.2, 0) is 11.4 Å². The molecular formula is C16H23NO3.